The van der Waals surface area contributed by atoms with Gasteiger partial charge in [-0.05, 0) is 31.5 Å². The van der Waals surface area contributed by atoms with Crippen LogP contribution in [0.3, 0.4) is 0 Å². The van der Waals surface area contributed by atoms with Crippen molar-refractivity contribution >= 4 is 29.1 Å². The van der Waals surface area contributed by atoms with Crippen molar-refractivity contribution in [2.45, 2.75) is 26.0 Å². The smallest absolute Gasteiger partial charge is 0.260 e. The van der Waals surface area contributed by atoms with Gasteiger partial charge in [0.15, 0.2) is 6.10 Å². The molecule has 6 nitrogen and oxygen atoms in total. The predicted molar refractivity (Wildman–Crippen MR) is 84.2 cm³/mol. The molecule has 0 aliphatic heterocycles. The summed E-state index contributed by atoms with van der Waals surface area (Å²) in [5.41, 5.74) is 0. The van der Waals surface area contributed by atoms with Crippen LogP contribution in [0.5, 0.6) is 5.75 Å². The molecule has 8 heteroatoms. The minimum atomic E-state index is -0.648. The topological polar surface area (TPSA) is 69.0 Å². The highest BCUT2D eigenvalue weighted by atomic mass is 35.5. The fourth-order valence-electron chi connectivity index (χ4n) is 1.76. The van der Waals surface area contributed by atoms with E-state index in [1.54, 1.807) is 36.1 Å². The number of rotatable bonds is 7. The fraction of sp³-hybridized carbons (Fsp3) is 0.357. The molecule has 1 aromatic carbocycles. The monoisotopic (exact) mass is 342 g/mol. The maximum Gasteiger partial charge on any atom is 0.260 e. The molecule has 0 fully saturated rings. The van der Waals surface area contributed by atoms with Crippen molar-refractivity contribution in [1.29, 1.82) is 0 Å². The number of nitrogens with one attached hydrogen (secondary N) is 1. The highest BCUT2D eigenvalue weighted by molar-refractivity contribution is 6.35. The van der Waals surface area contributed by atoms with E-state index < -0.39 is 6.10 Å². The number of aromatic nitrogens is 3. The molecular formula is C14H16Cl2N4O2. The third kappa shape index (κ3) is 4.89. The molecule has 0 spiro atoms. The van der Waals surface area contributed by atoms with E-state index in [9.17, 15) is 4.79 Å². The molecule has 1 atom stereocenters. The maximum absolute atomic E-state index is 11.9. The van der Waals surface area contributed by atoms with Crippen molar-refractivity contribution in [1.82, 2.24) is 20.1 Å². The van der Waals surface area contributed by atoms with Gasteiger partial charge in [-0.25, -0.2) is 4.98 Å². The minimum Gasteiger partial charge on any atom is -0.479 e. The Kier molecular flexibility index (Phi) is 6.03. The minimum absolute atomic E-state index is 0.204. The van der Waals surface area contributed by atoms with Crippen molar-refractivity contribution in [3.05, 3.63) is 40.9 Å². The van der Waals surface area contributed by atoms with Gasteiger partial charge < -0.3 is 10.1 Å². The van der Waals surface area contributed by atoms with Gasteiger partial charge in [-0.3, -0.25) is 9.48 Å². The molecule has 0 radical (unpaired) electrons. The Balaban J connectivity index is 1.74. The van der Waals surface area contributed by atoms with Crippen LogP contribution in [0.2, 0.25) is 10.0 Å². The molecule has 0 bridgehead atoms. The number of nitrogens with zero attached hydrogens (tertiary/aromatic N) is 3. The second kappa shape index (κ2) is 8.00. The van der Waals surface area contributed by atoms with Gasteiger partial charge >= 0.3 is 0 Å². The Labute approximate surface area is 138 Å². The number of hydrogen-bond acceptors (Lipinski definition) is 4. The van der Waals surface area contributed by atoms with E-state index >= 15 is 0 Å². The molecule has 2 aromatic rings. The van der Waals surface area contributed by atoms with Crippen molar-refractivity contribution in [3.63, 3.8) is 0 Å². The van der Waals surface area contributed by atoms with Gasteiger partial charge in [-0.15, -0.1) is 0 Å². The lowest BCUT2D eigenvalue weighted by molar-refractivity contribution is -0.127. The third-order valence-electron chi connectivity index (χ3n) is 2.90. The van der Waals surface area contributed by atoms with E-state index in [4.69, 9.17) is 27.9 Å². The number of halogens is 2. The standard InChI is InChI=1S/C14H16Cl2N4O2/c1-10(22-13-4-3-11(15)7-12(13)16)14(21)18-5-2-6-20-9-17-8-19-20/h3-4,7-10H,2,5-6H2,1H3,(H,18,21)/t10-/m0/s1. The predicted octanol–water partition coefficient (Wildman–Crippen LogP) is 2.56. The first-order valence-electron chi connectivity index (χ1n) is 6.78. The van der Waals surface area contributed by atoms with Crippen LogP contribution in [-0.2, 0) is 11.3 Å². The SMILES string of the molecule is C[C@H](Oc1ccc(Cl)cc1Cl)C(=O)NCCCn1cncn1. The lowest BCUT2D eigenvalue weighted by Gasteiger charge is -2.15. The van der Waals surface area contributed by atoms with Crippen molar-refractivity contribution in [2.24, 2.45) is 0 Å². The summed E-state index contributed by atoms with van der Waals surface area (Å²) in [6.45, 7) is 2.89. The van der Waals surface area contributed by atoms with Crippen LogP contribution in [0.25, 0.3) is 0 Å². The summed E-state index contributed by atoms with van der Waals surface area (Å²) in [6.07, 6.45) is 3.22. The molecule has 0 unspecified atom stereocenters. The van der Waals surface area contributed by atoms with Crippen LogP contribution in [0.4, 0.5) is 0 Å². The Morgan fingerprint density at radius 3 is 2.95 bits per heavy atom. The van der Waals surface area contributed by atoms with Crippen LogP contribution in [0.15, 0.2) is 30.9 Å². The van der Waals surface area contributed by atoms with Gasteiger partial charge in [-0.1, -0.05) is 23.2 Å². The number of hydrogen-bond donors (Lipinski definition) is 1. The Bertz CT molecular complexity index is 619. The first-order valence-corrected chi connectivity index (χ1v) is 7.53. The molecule has 0 saturated carbocycles. The molecule has 1 aromatic heterocycles. The number of carbonyl (C=O) groups excluding carboxylic acids is 1. The average molecular weight is 343 g/mol. The third-order valence-corrected chi connectivity index (χ3v) is 3.43. The Morgan fingerprint density at radius 2 is 2.27 bits per heavy atom. The zero-order valence-corrected chi connectivity index (χ0v) is 13.5. The molecule has 0 aliphatic rings. The van der Waals surface area contributed by atoms with Crippen LogP contribution in [0, 0.1) is 0 Å². The summed E-state index contributed by atoms with van der Waals surface area (Å²) in [5.74, 6) is 0.223. The number of ether oxygens (including phenoxy) is 1. The van der Waals surface area contributed by atoms with Crippen LogP contribution < -0.4 is 10.1 Å². The van der Waals surface area contributed by atoms with Gasteiger partial charge in [0.2, 0.25) is 0 Å². The van der Waals surface area contributed by atoms with Crippen molar-refractivity contribution < 1.29 is 9.53 Å². The van der Waals surface area contributed by atoms with Crippen molar-refractivity contribution in [3.8, 4) is 5.75 Å². The van der Waals surface area contributed by atoms with E-state index in [0.29, 0.717) is 28.9 Å². The molecule has 0 aliphatic carbocycles. The van der Waals surface area contributed by atoms with E-state index in [1.807, 2.05) is 0 Å². The molecule has 1 heterocycles. The summed E-state index contributed by atoms with van der Waals surface area (Å²) in [6, 6.07) is 4.87. The fourth-order valence-corrected chi connectivity index (χ4v) is 2.21. The molecular weight excluding hydrogens is 327 g/mol. The Morgan fingerprint density at radius 1 is 1.45 bits per heavy atom. The number of aryl methyl sites for hydroxylation is 1. The van der Waals surface area contributed by atoms with Crippen LogP contribution in [0.1, 0.15) is 13.3 Å². The molecule has 118 valence electrons. The second-order valence-corrected chi connectivity index (χ2v) is 5.48. The van der Waals surface area contributed by atoms with Crippen molar-refractivity contribution in [2.75, 3.05) is 6.54 Å². The Hall–Kier alpha value is -1.79. The molecule has 1 amide bonds. The first kappa shape index (κ1) is 16.6. The summed E-state index contributed by atoms with van der Waals surface area (Å²) in [4.78, 5) is 15.8. The maximum atomic E-state index is 11.9. The highest BCUT2D eigenvalue weighted by Gasteiger charge is 2.15. The quantitative estimate of drug-likeness (QED) is 0.785. The lowest BCUT2D eigenvalue weighted by Crippen LogP contribution is -2.37. The summed E-state index contributed by atoms with van der Waals surface area (Å²) >= 11 is 11.8. The number of benzene rings is 1. The first-order chi connectivity index (χ1) is 10.6. The average Bonchev–Trinajstić information content (AvgIpc) is 2.99. The van der Waals surface area contributed by atoms with E-state index in [0.717, 1.165) is 6.42 Å². The molecule has 22 heavy (non-hydrogen) atoms. The van der Waals surface area contributed by atoms with Gasteiger partial charge in [0.05, 0.1) is 5.02 Å². The number of carbonyl (C=O) groups is 1. The van der Waals surface area contributed by atoms with E-state index in [-0.39, 0.29) is 5.91 Å². The summed E-state index contributed by atoms with van der Waals surface area (Å²) in [5, 5.41) is 7.67. The lowest BCUT2D eigenvalue weighted by atomic mass is 10.3. The summed E-state index contributed by atoms with van der Waals surface area (Å²) in [7, 11) is 0. The zero-order chi connectivity index (χ0) is 15.9. The van der Waals surface area contributed by atoms with Crippen LogP contribution >= 0.6 is 23.2 Å². The largest absolute Gasteiger partial charge is 0.479 e. The van der Waals surface area contributed by atoms with E-state index in [1.165, 1.54) is 6.33 Å². The second-order valence-electron chi connectivity index (χ2n) is 4.64. The van der Waals surface area contributed by atoms with E-state index in [2.05, 4.69) is 15.4 Å². The number of amides is 1. The van der Waals surface area contributed by atoms with Gasteiger partial charge in [-0.2, -0.15) is 5.10 Å². The summed E-state index contributed by atoms with van der Waals surface area (Å²) < 4.78 is 7.24. The normalized spacial score (nSPS) is 12.0. The molecule has 1 N–H and O–H groups in total. The zero-order valence-electron chi connectivity index (χ0n) is 12.0. The molecule has 2 rings (SSSR count). The van der Waals surface area contributed by atoms with Gasteiger partial charge in [0.1, 0.15) is 18.4 Å². The van der Waals surface area contributed by atoms with Crippen LogP contribution in [-0.4, -0.2) is 33.3 Å². The van der Waals surface area contributed by atoms with Gasteiger partial charge in [0, 0.05) is 18.1 Å². The van der Waals surface area contributed by atoms with Gasteiger partial charge in [0.25, 0.3) is 5.91 Å². The molecule has 0 saturated heterocycles. The highest BCUT2D eigenvalue weighted by Crippen LogP contribution is 2.28.